The lowest BCUT2D eigenvalue weighted by molar-refractivity contribution is 0.262. The zero-order chi connectivity index (χ0) is 15.2. The molecule has 2 aromatic rings. The molecule has 0 aliphatic rings. The first kappa shape index (κ1) is 14.8. The minimum Gasteiger partial charge on any atom is -0.497 e. The molecule has 0 saturated carbocycles. The maximum Gasteiger partial charge on any atom is 0.323 e. The lowest BCUT2D eigenvalue weighted by Crippen LogP contribution is -2.19. The molecule has 6 heteroatoms. The maximum absolute atomic E-state index is 11.9. The summed E-state index contributed by atoms with van der Waals surface area (Å²) in [6, 6.07) is 13.7. The zero-order valence-electron chi connectivity index (χ0n) is 11.4. The number of nitrogens with one attached hydrogen (secondary N) is 2. The summed E-state index contributed by atoms with van der Waals surface area (Å²) in [5.74, 6) is 0.727. The van der Waals surface area contributed by atoms with E-state index in [2.05, 4.69) is 10.6 Å². The Labute approximate surface area is 128 Å². The minimum atomic E-state index is -0.347. The number of methoxy groups -OCH3 is 1. The van der Waals surface area contributed by atoms with Crippen LogP contribution in [0.4, 0.5) is 16.2 Å². The molecule has 108 valence electrons. The summed E-state index contributed by atoms with van der Waals surface area (Å²) >= 11 is 4.90. The van der Waals surface area contributed by atoms with Gasteiger partial charge in [-0.3, -0.25) is 0 Å². The van der Waals surface area contributed by atoms with E-state index < -0.39 is 0 Å². The van der Waals surface area contributed by atoms with Crippen LogP contribution in [0.2, 0.25) is 0 Å². The highest BCUT2D eigenvalue weighted by Gasteiger charge is 2.04. The third kappa shape index (κ3) is 4.19. The first-order valence-corrected chi connectivity index (χ1v) is 6.61. The monoisotopic (exact) mass is 301 g/mol. The van der Waals surface area contributed by atoms with Gasteiger partial charge < -0.3 is 21.1 Å². The minimum absolute atomic E-state index is 0.286. The smallest absolute Gasteiger partial charge is 0.323 e. The van der Waals surface area contributed by atoms with Crippen LogP contribution in [0.5, 0.6) is 5.75 Å². The standard InChI is InChI=1S/C15H15N3O2S/c1-20-13-7-5-11(6-8-13)17-15(19)18-12-4-2-3-10(9-12)14(16)21/h2-9H,1H3,(H2,16,21)(H2,17,18,19). The third-order valence-corrected chi connectivity index (χ3v) is 2.99. The quantitative estimate of drug-likeness (QED) is 0.759. The summed E-state index contributed by atoms with van der Waals surface area (Å²) in [5, 5.41) is 5.44. The van der Waals surface area contributed by atoms with Crippen LogP contribution >= 0.6 is 12.2 Å². The van der Waals surface area contributed by atoms with Gasteiger partial charge >= 0.3 is 6.03 Å². The van der Waals surface area contributed by atoms with E-state index in [-0.39, 0.29) is 11.0 Å². The number of ether oxygens (including phenoxy) is 1. The number of amides is 2. The normalized spacial score (nSPS) is 9.76. The van der Waals surface area contributed by atoms with Crippen LogP contribution in [0.3, 0.4) is 0 Å². The zero-order valence-corrected chi connectivity index (χ0v) is 12.2. The van der Waals surface area contributed by atoms with Crippen LogP contribution in [0.25, 0.3) is 0 Å². The van der Waals surface area contributed by atoms with Crippen molar-refractivity contribution < 1.29 is 9.53 Å². The second-order valence-electron chi connectivity index (χ2n) is 4.25. The Bertz CT molecular complexity index is 656. The molecule has 0 aromatic heterocycles. The fraction of sp³-hybridized carbons (Fsp3) is 0.0667. The Morgan fingerprint density at radius 3 is 2.38 bits per heavy atom. The van der Waals surface area contributed by atoms with E-state index in [1.807, 2.05) is 0 Å². The molecule has 0 saturated heterocycles. The van der Waals surface area contributed by atoms with E-state index in [0.717, 1.165) is 5.75 Å². The van der Waals surface area contributed by atoms with Crippen LogP contribution < -0.4 is 21.1 Å². The molecular formula is C15H15N3O2S. The van der Waals surface area contributed by atoms with Gasteiger partial charge in [-0.05, 0) is 36.4 Å². The Balaban J connectivity index is 2.00. The summed E-state index contributed by atoms with van der Waals surface area (Å²) in [6.45, 7) is 0. The molecular weight excluding hydrogens is 286 g/mol. The van der Waals surface area contributed by atoms with Crippen LogP contribution in [-0.2, 0) is 0 Å². The summed E-state index contributed by atoms with van der Waals surface area (Å²) in [5.41, 5.74) is 7.54. The van der Waals surface area contributed by atoms with Crippen molar-refractivity contribution in [3.8, 4) is 5.75 Å². The average molecular weight is 301 g/mol. The second-order valence-corrected chi connectivity index (χ2v) is 4.69. The molecule has 2 amide bonds. The van der Waals surface area contributed by atoms with E-state index in [1.165, 1.54) is 0 Å². The fourth-order valence-corrected chi connectivity index (χ4v) is 1.84. The van der Waals surface area contributed by atoms with Crippen LogP contribution in [-0.4, -0.2) is 18.1 Å². The van der Waals surface area contributed by atoms with Crippen molar-refractivity contribution in [3.05, 3.63) is 54.1 Å². The third-order valence-electron chi connectivity index (χ3n) is 2.75. The van der Waals surface area contributed by atoms with Gasteiger partial charge in [-0.1, -0.05) is 24.4 Å². The average Bonchev–Trinajstić information content (AvgIpc) is 2.48. The molecule has 5 nitrogen and oxygen atoms in total. The van der Waals surface area contributed by atoms with Gasteiger partial charge in [0.05, 0.1) is 7.11 Å². The van der Waals surface area contributed by atoms with Crippen molar-refractivity contribution in [1.82, 2.24) is 0 Å². The number of carbonyl (C=O) groups excluding carboxylic acids is 1. The molecule has 0 aliphatic carbocycles. The number of carbonyl (C=O) groups is 1. The van der Waals surface area contributed by atoms with E-state index >= 15 is 0 Å². The Hall–Kier alpha value is -2.60. The fourth-order valence-electron chi connectivity index (χ4n) is 1.72. The molecule has 21 heavy (non-hydrogen) atoms. The number of rotatable bonds is 4. The Morgan fingerprint density at radius 1 is 1.10 bits per heavy atom. The van der Waals surface area contributed by atoms with Gasteiger partial charge in [-0.15, -0.1) is 0 Å². The van der Waals surface area contributed by atoms with Gasteiger partial charge in [-0.2, -0.15) is 0 Å². The van der Waals surface area contributed by atoms with Crippen molar-refractivity contribution in [2.24, 2.45) is 5.73 Å². The van der Waals surface area contributed by atoms with E-state index in [1.54, 1.807) is 55.6 Å². The van der Waals surface area contributed by atoms with Gasteiger partial charge in [0, 0.05) is 16.9 Å². The number of urea groups is 1. The highest BCUT2D eigenvalue weighted by Crippen LogP contribution is 2.16. The largest absolute Gasteiger partial charge is 0.497 e. The first-order valence-electron chi connectivity index (χ1n) is 6.20. The van der Waals surface area contributed by atoms with Gasteiger partial charge in [0.15, 0.2) is 0 Å². The van der Waals surface area contributed by atoms with Gasteiger partial charge in [0.1, 0.15) is 10.7 Å². The summed E-state index contributed by atoms with van der Waals surface area (Å²) in [6.07, 6.45) is 0. The van der Waals surface area contributed by atoms with Crippen LogP contribution in [0.15, 0.2) is 48.5 Å². The molecule has 0 aliphatic heterocycles. The molecule has 0 fully saturated rings. The van der Waals surface area contributed by atoms with Crippen molar-refractivity contribution in [1.29, 1.82) is 0 Å². The van der Waals surface area contributed by atoms with Crippen LogP contribution in [0, 0.1) is 0 Å². The topological polar surface area (TPSA) is 76.4 Å². The number of anilines is 2. The SMILES string of the molecule is COc1ccc(NC(=O)Nc2cccc(C(N)=S)c2)cc1. The molecule has 0 bridgehead atoms. The summed E-state index contributed by atoms with van der Waals surface area (Å²) in [4.78, 5) is 12.2. The predicted octanol–water partition coefficient (Wildman–Crippen LogP) is 2.97. The second kappa shape index (κ2) is 6.71. The number of benzene rings is 2. The predicted molar refractivity (Wildman–Crippen MR) is 88.0 cm³/mol. The van der Waals surface area contributed by atoms with Crippen molar-refractivity contribution in [2.75, 3.05) is 17.7 Å². The maximum atomic E-state index is 11.9. The molecule has 0 unspecified atom stereocenters. The number of thiocarbonyl (C=S) groups is 1. The van der Waals surface area contributed by atoms with Crippen molar-refractivity contribution >= 4 is 34.6 Å². The first-order chi connectivity index (χ1) is 10.1. The molecule has 2 aromatic carbocycles. The molecule has 4 N–H and O–H groups in total. The van der Waals surface area contributed by atoms with Gasteiger partial charge in [0.25, 0.3) is 0 Å². The lowest BCUT2D eigenvalue weighted by Gasteiger charge is -2.09. The lowest BCUT2D eigenvalue weighted by atomic mass is 10.2. The van der Waals surface area contributed by atoms with Gasteiger partial charge in [-0.25, -0.2) is 4.79 Å². The summed E-state index contributed by atoms with van der Waals surface area (Å²) < 4.78 is 5.05. The number of hydrogen-bond acceptors (Lipinski definition) is 3. The molecule has 0 spiro atoms. The van der Waals surface area contributed by atoms with Crippen LogP contribution in [0.1, 0.15) is 5.56 Å². The molecule has 0 atom stereocenters. The Kier molecular flexibility index (Phi) is 4.73. The highest BCUT2D eigenvalue weighted by atomic mass is 32.1. The van der Waals surface area contributed by atoms with Gasteiger partial charge in [0.2, 0.25) is 0 Å². The van der Waals surface area contributed by atoms with Crippen molar-refractivity contribution in [3.63, 3.8) is 0 Å². The Morgan fingerprint density at radius 2 is 1.76 bits per heavy atom. The summed E-state index contributed by atoms with van der Waals surface area (Å²) in [7, 11) is 1.59. The highest BCUT2D eigenvalue weighted by molar-refractivity contribution is 7.80. The molecule has 0 radical (unpaired) electrons. The van der Waals surface area contributed by atoms with E-state index in [4.69, 9.17) is 22.7 Å². The van der Waals surface area contributed by atoms with E-state index in [0.29, 0.717) is 16.9 Å². The number of hydrogen-bond donors (Lipinski definition) is 3. The molecule has 0 heterocycles. The van der Waals surface area contributed by atoms with Crippen molar-refractivity contribution in [2.45, 2.75) is 0 Å². The molecule has 2 rings (SSSR count). The van der Waals surface area contributed by atoms with E-state index in [9.17, 15) is 4.79 Å². The number of nitrogens with two attached hydrogens (primary N) is 1.